The molecule has 0 amide bonds. The Bertz CT molecular complexity index is 94.0. The van der Waals surface area contributed by atoms with Crippen LogP contribution in [-0.4, -0.2) is 13.0 Å². The van der Waals surface area contributed by atoms with E-state index in [0.717, 1.165) is 0 Å². The van der Waals surface area contributed by atoms with E-state index in [1.807, 2.05) is 0 Å². The van der Waals surface area contributed by atoms with Gasteiger partial charge in [0.1, 0.15) is 0 Å². The van der Waals surface area contributed by atoms with Crippen LogP contribution in [0.4, 0.5) is 3.89 Å². The Morgan fingerprint density at radius 3 is 1.50 bits per heavy atom. The molecule has 0 aliphatic heterocycles. The maximum Gasteiger partial charge on any atom is 0.435 e. The minimum atomic E-state index is -5.17. The van der Waals surface area contributed by atoms with Gasteiger partial charge in [0.25, 0.3) is 0 Å². The molecule has 6 heteroatoms. The van der Waals surface area contributed by atoms with E-state index >= 15 is 0 Å². The number of halogens is 2. The normalized spacial score (nSPS) is 9.67. The second-order valence-corrected chi connectivity index (χ2v) is 1.24. The molecule has 0 heterocycles. The van der Waals surface area contributed by atoms with Crippen LogP contribution >= 0.6 is 17.0 Å². The van der Waals surface area contributed by atoms with Crippen LogP contribution in [0.25, 0.3) is 0 Å². The molecule has 0 aliphatic rings. The van der Waals surface area contributed by atoms with Crippen LogP contribution in [-0.2, 0) is 10.5 Å². The van der Waals surface area contributed by atoms with E-state index in [-0.39, 0.29) is 17.0 Å². The first-order valence-corrected chi connectivity index (χ1v) is 2.01. The van der Waals surface area contributed by atoms with Crippen LogP contribution in [0.1, 0.15) is 0 Å². The van der Waals surface area contributed by atoms with Crippen molar-refractivity contribution < 1.29 is 16.9 Å². The Labute approximate surface area is 45.0 Å². The van der Waals surface area contributed by atoms with E-state index in [4.69, 9.17) is 13.0 Å². The van der Waals surface area contributed by atoms with Gasteiger partial charge in [-0.2, -0.15) is 8.42 Å². The van der Waals surface area contributed by atoms with Crippen LogP contribution < -0.4 is 0 Å². The maximum atomic E-state index is 10.2. The number of hydrogen-bond donors (Lipinski definition) is 1. The lowest BCUT2D eigenvalue weighted by Crippen LogP contribution is -1.80. The standard InChI is InChI=1S/BrH.FHO3S/c;1-5(2,3)4/h1H;(H,2,3,4). The molecule has 0 saturated carbocycles. The summed E-state index contributed by atoms with van der Waals surface area (Å²) in [4.78, 5) is 0. The Hall–Kier alpha value is 0.320. The molecule has 0 saturated heterocycles. The highest BCUT2D eigenvalue weighted by atomic mass is 79.9. The molecule has 0 aromatic carbocycles. The van der Waals surface area contributed by atoms with Gasteiger partial charge in [-0.25, -0.2) is 0 Å². The van der Waals surface area contributed by atoms with Gasteiger partial charge in [0.05, 0.1) is 0 Å². The van der Waals surface area contributed by atoms with Gasteiger partial charge in [-0.05, 0) is 0 Å². The summed E-state index contributed by atoms with van der Waals surface area (Å²) in [6, 6.07) is 0. The van der Waals surface area contributed by atoms with Crippen molar-refractivity contribution in [2.24, 2.45) is 0 Å². The monoisotopic (exact) mass is 180 g/mol. The van der Waals surface area contributed by atoms with E-state index in [2.05, 4.69) is 0 Å². The zero-order valence-corrected chi connectivity index (χ0v) is 4.99. The summed E-state index contributed by atoms with van der Waals surface area (Å²) in [6.45, 7) is 0. The first kappa shape index (κ1) is 9.58. The van der Waals surface area contributed by atoms with Gasteiger partial charge in [0.15, 0.2) is 0 Å². The van der Waals surface area contributed by atoms with Crippen LogP contribution in [0.3, 0.4) is 0 Å². The van der Waals surface area contributed by atoms with E-state index in [1.54, 1.807) is 0 Å². The van der Waals surface area contributed by atoms with Gasteiger partial charge < -0.3 is 0 Å². The molecule has 40 valence electrons. The second-order valence-electron chi connectivity index (χ2n) is 0.412. The third-order valence-electron chi connectivity index (χ3n) is 0. The SMILES string of the molecule is Br.O=S(=O)(O)F. The largest absolute Gasteiger partial charge is 0.435 e. The predicted molar refractivity (Wildman–Crippen MR) is 23.0 cm³/mol. The van der Waals surface area contributed by atoms with Crippen molar-refractivity contribution in [2.45, 2.75) is 0 Å². The highest BCUT2D eigenvalue weighted by Gasteiger charge is 1.89. The summed E-state index contributed by atoms with van der Waals surface area (Å²) in [5.74, 6) is 0. The minimum Gasteiger partial charge on any atom is -0.260 e. The van der Waals surface area contributed by atoms with Gasteiger partial charge in [-0.1, -0.05) is 3.89 Å². The quantitative estimate of drug-likeness (QED) is 0.432. The van der Waals surface area contributed by atoms with Crippen molar-refractivity contribution in [2.75, 3.05) is 0 Å². The lowest BCUT2D eigenvalue weighted by atomic mass is 15.9. The smallest absolute Gasteiger partial charge is 0.260 e. The van der Waals surface area contributed by atoms with E-state index in [9.17, 15) is 3.89 Å². The molecule has 0 atom stereocenters. The van der Waals surface area contributed by atoms with Crippen molar-refractivity contribution in [1.29, 1.82) is 0 Å². The summed E-state index contributed by atoms with van der Waals surface area (Å²) in [6.07, 6.45) is 0. The highest BCUT2D eigenvalue weighted by molar-refractivity contribution is 8.93. The molecule has 0 radical (unpaired) electrons. The van der Waals surface area contributed by atoms with Gasteiger partial charge in [-0.15, -0.1) is 17.0 Å². The van der Waals surface area contributed by atoms with Crippen molar-refractivity contribution in [3.8, 4) is 0 Å². The molecular weight excluding hydrogens is 179 g/mol. The molecule has 3 nitrogen and oxygen atoms in total. The molecule has 0 aliphatic carbocycles. The van der Waals surface area contributed by atoms with Gasteiger partial charge in [0.2, 0.25) is 0 Å². The maximum absolute atomic E-state index is 10.2. The molecule has 0 unspecified atom stereocenters. The zero-order valence-electron chi connectivity index (χ0n) is 2.46. The van der Waals surface area contributed by atoms with Crippen LogP contribution in [0, 0.1) is 0 Å². The van der Waals surface area contributed by atoms with Crippen LogP contribution in [0.5, 0.6) is 0 Å². The third-order valence-corrected chi connectivity index (χ3v) is 0. The Morgan fingerprint density at radius 2 is 1.50 bits per heavy atom. The fourth-order valence-corrected chi connectivity index (χ4v) is 0. The number of hydrogen-bond acceptors (Lipinski definition) is 2. The van der Waals surface area contributed by atoms with Gasteiger partial charge in [0, 0.05) is 0 Å². The van der Waals surface area contributed by atoms with Crippen LogP contribution in [0.2, 0.25) is 0 Å². The lowest BCUT2D eigenvalue weighted by Gasteiger charge is -1.63. The molecule has 1 N–H and O–H groups in total. The van der Waals surface area contributed by atoms with E-state index in [1.165, 1.54) is 0 Å². The Balaban J connectivity index is 0. The summed E-state index contributed by atoms with van der Waals surface area (Å²) in [5.41, 5.74) is 0. The van der Waals surface area contributed by atoms with Crippen molar-refractivity contribution in [3.63, 3.8) is 0 Å². The molecule has 0 aromatic rings. The van der Waals surface area contributed by atoms with Gasteiger partial charge in [-0.3, -0.25) is 4.55 Å². The van der Waals surface area contributed by atoms with Crippen molar-refractivity contribution >= 4 is 27.5 Å². The minimum absolute atomic E-state index is 0. The fraction of sp³-hybridized carbons (Fsp3) is 0. The molecular formula is H2BrFO3S. The van der Waals surface area contributed by atoms with Crippen molar-refractivity contribution in [3.05, 3.63) is 0 Å². The predicted octanol–water partition coefficient (Wildman–Crippen LogP) is 0.337. The molecule has 0 aromatic heterocycles. The lowest BCUT2D eigenvalue weighted by molar-refractivity contribution is 0.435. The zero-order chi connectivity index (χ0) is 4.50. The average Bonchev–Trinajstić information content (AvgIpc) is 0.722. The summed E-state index contributed by atoms with van der Waals surface area (Å²) < 4.78 is 34.1. The summed E-state index contributed by atoms with van der Waals surface area (Å²) in [5, 5.41) is 0. The molecule has 6 heavy (non-hydrogen) atoms. The van der Waals surface area contributed by atoms with E-state index < -0.39 is 10.5 Å². The summed E-state index contributed by atoms with van der Waals surface area (Å²) >= 11 is 0. The topological polar surface area (TPSA) is 54.4 Å². The first-order valence-electron chi connectivity index (χ1n) is 0.670. The average molecular weight is 181 g/mol. The highest BCUT2D eigenvalue weighted by Crippen LogP contribution is 1.74. The second kappa shape index (κ2) is 2.49. The van der Waals surface area contributed by atoms with Crippen LogP contribution in [0.15, 0.2) is 0 Å². The fourth-order valence-electron chi connectivity index (χ4n) is 0. The van der Waals surface area contributed by atoms with Gasteiger partial charge >= 0.3 is 10.5 Å². The molecule has 0 spiro atoms. The van der Waals surface area contributed by atoms with Crippen molar-refractivity contribution in [1.82, 2.24) is 0 Å². The molecule has 0 bridgehead atoms. The summed E-state index contributed by atoms with van der Waals surface area (Å²) in [7, 11) is -5.17. The first-order chi connectivity index (χ1) is 2.00. The third kappa shape index (κ3) is 465. The van der Waals surface area contributed by atoms with E-state index in [0.29, 0.717) is 0 Å². The molecule has 0 rings (SSSR count). The molecule has 0 fully saturated rings. The Kier molecular flexibility index (Phi) is 3.97. The number of rotatable bonds is 0. The Morgan fingerprint density at radius 1 is 1.50 bits per heavy atom.